The second kappa shape index (κ2) is 9.37. The molecule has 0 spiro atoms. The molecule has 2 aliphatic carbocycles. The van der Waals surface area contributed by atoms with Gasteiger partial charge in [-0.15, -0.1) is 0 Å². The molecule has 202 valence electrons. The summed E-state index contributed by atoms with van der Waals surface area (Å²) < 4.78 is 10.7. The molecule has 5 rings (SSSR count). The first kappa shape index (κ1) is 26.1. The number of aryl methyl sites for hydroxylation is 1. The van der Waals surface area contributed by atoms with E-state index in [4.69, 9.17) is 9.47 Å². The number of fused-ring (bicyclic) bond motifs is 1. The van der Waals surface area contributed by atoms with E-state index < -0.39 is 5.54 Å². The van der Waals surface area contributed by atoms with Crippen LogP contribution in [0.4, 0.5) is 5.69 Å². The van der Waals surface area contributed by atoms with Gasteiger partial charge in [0.1, 0.15) is 17.0 Å². The van der Waals surface area contributed by atoms with Crippen LogP contribution in [-0.2, 0) is 9.59 Å². The monoisotopic (exact) mass is 517 g/mol. The molecular weight excluding hydrogens is 478 g/mol. The second-order valence-corrected chi connectivity index (χ2v) is 11.9. The fraction of sp³-hybridized carbons (Fsp3) is 0.484. The maximum absolute atomic E-state index is 13.9. The van der Waals surface area contributed by atoms with Gasteiger partial charge in [-0.1, -0.05) is 32.0 Å². The first-order valence-electron chi connectivity index (χ1n) is 13.4. The van der Waals surface area contributed by atoms with Gasteiger partial charge in [0.15, 0.2) is 0 Å². The number of H-pyrrole nitrogens is 1. The fourth-order valence-corrected chi connectivity index (χ4v) is 6.27. The highest BCUT2D eigenvalue weighted by Gasteiger charge is 2.60. The van der Waals surface area contributed by atoms with Crippen LogP contribution in [0.2, 0.25) is 0 Å². The number of nitrogens with zero attached hydrogens (tertiary/aromatic N) is 1. The van der Waals surface area contributed by atoms with Crippen molar-refractivity contribution in [1.82, 2.24) is 9.88 Å². The van der Waals surface area contributed by atoms with E-state index in [0.717, 1.165) is 18.4 Å². The van der Waals surface area contributed by atoms with Crippen LogP contribution in [0.3, 0.4) is 0 Å². The van der Waals surface area contributed by atoms with Gasteiger partial charge in [0.2, 0.25) is 11.8 Å². The lowest BCUT2D eigenvalue weighted by Gasteiger charge is -2.38. The minimum Gasteiger partial charge on any atom is -0.497 e. The maximum atomic E-state index is 13.9. The van der Waals surface area contributed by atoms with Gasteiger partial charge in [-0.05, 0) is 74.6 Å². The highest BCUT2D eigenvalue weighted by atomic mass is 16.5. The number of ether oxygens (including phenoxy) is 2. The van der Waals surface area contributed by atoms with Crippen molar-refractivity contribution in [3.63, 3.8) is 0 Å². The summed E-state index contributed by atoms with van der Waals surface area (Å²) in [6.45, 7) is 10.3. The quantitative estimate of drug-likeness (QED) is 0.363. The molecule has 1 aromatic heterocycles. The Morgan fingerprint density at radius 1 is 1.11 bits per heavy atom. The van der Waals surface area contributed by atoms with Gasteiger partial charge < -0.3 is 24.7 Å². The molecule has 2 aliphatic rings. The first-order valence-corrected chi connectivity index (χ1v) is 13.4. The maximum Gasteiger partial charge on any atom is 0.249 e. The predicted octanol–water partition coefficient (Wildman–Crippen LogP) is 6.03. The SMILES string of the molecule is COc1ccc(NC(=O)C(C)(C)N(C(=O)C[C@@H]2[C@H](c3c(C)[nH]c4ccccc34)C2(C)C)C2CC2)c(OC)c1. The van der Waals surface area contributed by atoms with Crippen LogP contribution in [-0.4, -0.2) is 47.5 Å². The van der Waals surface area contributed by atoms with E-state index in [-0.39, 0.29) is 29.2 Å². The number of carbonyl (C=O) groups excluding carboxylic acids is 2. The molecule has 2 atom stereocenters. The second-order valence-electron chi connectivity index (χ2n) is 11.9. The summed E-state index contributed by atoms with van der Waals surface area (Å²) >= 11 is 0. The Morgan fingerprint density at radius 2 is 1.82 bits per heavy atom. The van der Waals surface area contributed by atoms with Gasteiger partial charge in [-0.2, -0.15) is 0 Å². The molecule has 7 heteroatoms. The van der Waals surface area contributed by atoms with Crippen LogP contribution in [0.15, 0.2) is 42.5 Å². The Morgan fingerprint density at radius 3 is 2.47 bits per heavy atom. The topological polar surface area (TPSA) is 83.7 Å². The highest BCUT2D eigenvalue weighted by molar-refractivity contribution is 6.01. The summed E-state index contributed by atoms with van der Waals surface area (Å²) in [6.07, 6.45) is 2.27. The van der Waals surface area contributed by atoms with Crippen LogP contribution < -0.4 is 14.8 Å². The van der Waals surface area contributed by atoms with Gasteiger partial charge in [0, 0.05) is 35.1 Å². The first-order chi connectivity index (χ1) is 18.0. The normalized spacial score (nSPS) is 20.2. The summed E-state index contributed by atoms with van der Waals surface area (Å²) in [7, 11) is 3.14. The minimum absolute atomic E-state index is 0.00344. The van der Waals surface area contributed by atoms with Crippen molar-refractivity contribution in [2.45, 2.75) is 71.4 Å². The zero-order valence-electron chi connectivity index (χ0n) is 23.5. The number of methoxy groups -OCH3 is 2. The number of para-hydroxylation sites is 1. The van der Waals surface area contributed by atoms with E-state index in [2.05, 4.69) is 49.3 Å². The smallest absolute Gasteiger partial charge is 0.249 e. The number of hydrogen-bond donors (Lipinski definition) is 2. The summed E-state index contributed by atoms with van der Waals surface area (Å²) in [5.74, 6) is 1.47. The molecule has 2 N–H and O–H groups in total. The molecule has 3 aromatic rings. The largest absolute Gasteiger partial charge is 0.497 e. The third-order valence-electron chi connectivity index (χ3n) is 8.69. The molecule has 2 aromatic carbocycles. The Balaban J connectivity index is 1.36. The molecule has 2 saturated carbocycles. The number of rotatable bonds is 9. The van der Waals surface area contributed by atoms with Crippen LogP contribution in [0.25, 0.3) is 10.9 Å². The third-order valence-corrected chi connectivity index (χ3v) is 8.69. The number of anilines is 1. The number of hydrogen-bond acceptors (Lipinski definition) is 4. The molecule has 1 heterocycles. The number of nitrogens with one attached hydrogen (secondary N) is 2. The van der Waals surface area contributed by atoms with Crippen LogP contribution in [0.5, 0.6) is 11.5 Å². The van der Waals surface area contributed by atoms with Crippen LogP contribution >= 0.6 is 0 Å². The van der Waals surface area contributed by atoms with E-state index >= 15 is 0 Å². The molecule has 0 unspecified atom stereocenters. The van der Waals surface area contributed by atoms with E-state index in [0.29, 0.717) is 29.5 Å². The fourth-order valence-electron chi connectivity index (χ4n) is 6.27. The summed E-state index contributed by atoms with van der Waals surface area (Å²) in [6, 6.07) is 13.7. The Bertz CT molecular complexity index is 1390. The predicted molar refractivity (Wildman–Crippen MR) is 150 cm³/mol. The average molecular weight is 518 g/mol. The Labute approximate surface area is 224 Å². The van der Waals surface area contributed by atoms with E-state index in [1.165, 1.54) is 16.6 Å². The minimum atomic E-state index is -1.02. The molecule has 0 aliphatic heterocycles. The lowest BCUT2D eigenvalue weighted by molar-refractivity contribution is -0.144. The molecule has 0 radical (unpaired) electrons. The Kier molecular flexibility index (Phi) is 6.44. The average Bonchev–Trinajstić information content (AvgIpc) is 3.76. The molecular formula is C31H39N3O4. The lowest BCUT2D eigenvalue weighted by atomic mass is 9.98. The van der Waals surface area contributed by atoms with Crippen molar-refractivity contribution in [1.29, 1.82) is 0 Å². The number of amides is 2. The number of aromatic amines is 1. The molecule has 2 amide bonds. The van der Waals surface area contributed by atoms with Gasteiger partial charge in [-0.25, -0.2) is 0 Å². The number of aromatic nitrogens is 1. The van der Waals surface area contributed by atoms with Crippen LogP contribution in [0.1, 0.15) is 64.1 Å². The van der Waals surface area contributed by atoms with E-state index in [1.54, 1.807) is 32.4 Å². The Hall–Kier alpha value is -3.48. The summed E-state index contributed by atoms with van der Waals surface area (Å²) in [4.78, 5) is 32.9. The van der Waals surface area contributed by atoms with E-state index in [9.17, 15) is 9.59 Å². The van der Waals surface area contributed by atoms with Crippen molar-refractivity contribution in [3.05, 3.63) is 53.7 Å². The molecule has 7 nitrogen and oxygen atoms in total. The number of carbonyl (C=O) groups is 2. The summed E-state index contributed by atoms with van der Waals surface area (Å²) in [5.41, 5.74) is 3.17. The van der Waals surface area contributed by atoms with Crippen molar-refractivity contribution in [3.8, 4) is 11.5 Å². The third kappa shape index (κ3) is 4.42. The van der Waals surface area contributed by atoms with Gasteiger partial charge in [0.05, 0.1) is 19.9 Å². The van der Waals surface area contributed by atoms with Gasteiger partial charge >= 0.3 is 0 Å². The standard InChI is InChI=1S/C31H39N3O4/c1-18-27(21-10-8-9-11-23(21)32-18)28-22(30(28,2)3)17-26(35)34(19-12-13-19)31(4,5)29(36)33-24-15-14-20(37-6)16-25(24)38-7/h8-11,14-16,19,22,28,32H,12-13,17H2,1-7H3,(H,33,36)/t22-,28-/m1/s1. The molecule has 2 fully saturated rings. The zero-order valence-corrected chi connectivity index (χ0v) is 23.5. The highest BCUT2D eigenvalue weighted by Crippen LogP contribution is 2.67. The van der Waals surface area contributed by atoms with Crippen molar-refractivity contribution in [2.75, 3.05) is 19.5 Å². The van der Waals surface area contributed by atoms with E-state index in [1.807, 2.05) is 24.8 Å². The van der Waals surface area contributed by atoms with Gasteiger partial charge in [0.25, 0.3) is 0 Å². The van der Waals surface area contributed by atoms with Crippen LogP contribution in [0, 0.1) is 18.3 Å². The van der Waals surface area contributed by atoms with Gasteiger partial charge in [-0.3, -0.25) is 9.59 Å². The molecule has 0 saturated heterocycles. The lowest BCUT2D eigenvalue weighted by Crippen LogP contribution is -2.56. The molecule has 0 bridgehead atoms. The summed E-state index contributed by atoms with van der Waals surface area (Å²) in [5, 5.41) is 4.24. The van der Waals surface area contributed by atoms with Crippen molar-refractivity contribution < 1.29 is 19.1 Å². The van der Waals surface area contributed by atoms with Crippen molar-refractivity contribution >= 4 is 28.4 Å². The number of benzene rings is 2. The molecule has 38 heavy (non-hydrogen) atoms. The van der Waals surface area contributed by atoms with Crippen molar-refractivity contribution in [2.24, 2.45) is 11.3 Å². The zero-order chi connectivity index (χ0) is 27.4.